The van der Waals surface area contributed by atoms with Crippen molar-refractivity contribution in [3.05, 3.63) is 58.9 Å². The molecule has 1 unspecified atom stereocenters. The lowest BCUT2D eigenvalue weighted by Gasteiger charge is -2.32. The quantitative estimate of drug-likeness (QED) is 0.674. The molecule has 1 fully saturated rings. The highest BCUT2D eigenvalue weighted by atomic mass is 19.1. The highest BCUT2D eigenvalue weighted by Gasteiger charge is 2.28. The van der Waals surface area contributed by atoms with E-state index in [1.54, 1.807) is 15.5 Å². The molecule has 1 saturated heterocycles. The molecule has 0 bridgehead atoms. The topological polar surface area (TPSA) is 75.9 Å². The van der Waals surface area contributed by atoms with Crippen molar-refractivity contribution >= 4 is 17.5 Å². The molecule has 32 heavy (non-hydrogen) atoms. The molecule has 4 rings (SSSR count). The highest BCUT2D eigenvalue weighted by Crippen LogP contribution is 2.32. The Morgan fingerprint density at radius 1 is 1.25 bits per heavy atom. The normalized spacial score (nSPS) is 16.4. The number of morpholine rings is 1. The van der Waals surface area contributed by atoms with Crippen molar-refractivity contribution in [2.75, 3.05) is 26.7 Å². The number of carbonyl (C=O) groups excluding carboxylic acids is 2. The third-order valence-electron chi connectivity index (χ3n) is 5.65. The summed E-state index contributed by atoms with van der Waals surface area (Å²) >= 11 is 0. The van der Waals surface area contributed by atoms with Gasteiger partial charge in [0.25, 0.3) is 5.91 Å². The molecule has 0 radical (unpaired) electrons. The van der Waals surface area contributed by atoms with E-state index in [2.05, 4.69) is 10.3 Å². The zero-order valence-electron chi connectivity index (χ0n) is 18.1. The van der Waals surface area contributed by atoms with E-state index >= 15 is 8.78 Å². The molecule has 0 aliphatic carbocycles. The molecule has 3 heterocycles. The number of hydrogen-bond donors (Lipinski definition) is 1. The van der Waals surface area contributed by atoms with Crippen LogP contribution in [-0.2, 0) is 16.0 Å². The summed E-state index contributed by atoms with van der Waals surface area (Å²) in [6, 6.07) is 5.72. The zero-order valence-corrected chi connectivity index (χ0v) is 18.1. The summed E-state index contributed by atoms with van der Waals surface area (Å²) in [6.45, 7) is 4.69. The number of hydrogen-bond acceptors (Lipinski definition) is 4. The predicted octanol–water partition coefficient (Wildman–Crippen LogP) is 2.74. The van der Waals surface area contributed by atoms with Crippen molar-refractivity contribution in [2.45, 2.75) is 26.4 Å². The van der Waals surface area contributed by atoms with Crippen molar-refractivity contribution in [1.29, 1.82) is 0 Å². The fourth-order valence-corrected chi connectivity index (χ4v) is 4.01. The predicted molar refractivity (Wildman–Crippen MR) is 114 cm³/mol. The Kier molecular flexibility index (Phi) is 5.92. The molecule has 1 aliphatic heterocycles. The Balaban J connectivity index is 1.82. The van der Waals surface area contributed by atoms with E-state index in [4.69, 9.17) is 4.74 Å². The van der Waals surface area contributed by atoms with Gasteiger partial charge in [-0.2, -0.15) is 0 Å². The van der Waals surface area contributed by atoms with Gasteiger partial charge in [-0.05, 0) is 36.8 Å². The first-order valence-electron chi connectivity index (χ1n) is 10.3. The second-order valence-electron chi connectivity index (χ2n) is 7.90. The molecule has 168 valence electrons. The van der Waals surface area contributed by atoms with Crippen LogP contribution in [0.25, 0.3) is 16.9 Å². The summed E-state index contributed by atoms with van der Waals surface area (Å²) < 4.78 is 37.8. The smallest absolute Gasteiger partial charge is 0.251 e. The van der Waals surface area contributed by atoms with Gasteiger partial charge in [-0.25, -0.2) is 13.8 Å². The fourth-order valence-electron chi connectivity index (χ4n) is 4.01. The minimum absolute atomic E-state index is 0.0471. The van der Waals surface area contributed by atoms with Crippen LogP contribution in [-0.4, -0.2) is 58.9 Å². The van der Waals surface area contributed by atoms with Crippen LogP contribution >= 0.6 is 0 Å². The molecule has 9 heteroatoms. The first-order chi connectivity index (χ1) is 15.3. The number of benzene rings is 1. The molecule has 1 aromatic carbocycles. The molecule has 3 aromatic rings. The first-order valence-corrected chi connectivity index (χ1v) is 10.3. The number of amides is 2. The number of pyridine rings is 1. The Morgan fingerprint density at radius 3 is 2.62 bits per heavy atom. The van der Waals surface area contributed by atoms with E-state index in [9.17, 15) is 9.59 Å². The molecule has 1 atom stereocenters. The Hall–Kier alpha value is -3.33. The van der Waals surface area contributed by atoms with Gasteiger partial charge in [0.1, 0.15) is 17.3 Å². The van der Waals surface area contributed by atoms with Gasteiger partial charge in [-0.15, -0.1) is 0 Å². The summed E-state index contributed by atoms with van der Waals surface area (Å²) in [5, 5.41) is 2.36. The van der Waals surface area contributed by atoms with E-state index in [1.165, 1.54) is 14.0 Å². The van der Waals surface area contributed by atoms with Crippen molar-refractivity contribution in [3.63, 3.8) is 0 Å². The molecule has 2 aromatic heterocycles. The van der Waals surface area contributed by atoms with Crippen LogP contribution in [0.4, 0.5) is 8.78 Å². The minimum atomic E-state index is -0.875. The lowest BCUT2D eigenvalue weighted by Crippen LogP contribution is -2.45. The number of aromatic nitrogens is 2. The Bertz CT molecular complexity index is 1180. The zero-order chi connectivity index (χ0) is 23.0. The van der Waals surface area contributed by atoms with Crippen LogP contribution in [0.1, 0.15) is 28.5 Å². The number of fused-ring (bicyclic) bond motifs is 1. The van der Waals surface area contributed by atoms with Gasteiger partial charge in [0.15, 0.2) is 0 Å². The van der Waals surface area contributed by atoms with Gasteiger partial charge in [0.2, 0.25) is 5.91 Å². The number of carbonyl (C=O) groups is 2. The maximum atomic E-state index is 15.1. The van der Waals surface area contributed by atoms with Crippen molar-refractivity contribution in [3.8, 4) is 11.3 Å². The van der Waals surface area contributed by atoms with Crippen LogP contribution in [0.2, 0.25) is 0 Å². The second-order valence-corrected chi connectivity index (χ2v) is 7.90. The molecule has 2 amide bonds. The van der Waals surface area contributed by atoms with Gasteiger partial charge < -0.3 is 19.4 Å². The molecule has 1 aliphatic rings. The molecule has 0 spiro atoms. The van der Waals surface area contributed by atoms with Gasteiger partial charge in [0, 0.05) is 45.2 Å². The van der Waals surface area contributed by atoms with Crippen molar-refractivity contribution < 1.29 is 23.1 Å². The number of halogens is 2. The summed E-state index contributed by atoms with van der Waals surface area (Å²) in [4.78, 5) is 29.9. The van der Waals surface area contributed by atoms with Gasteiger partial charge in [0.05, 0.1) is 29.7 Å². The molecular weight excluding hydrogens is 418 g/mol. The van der Waals surface area contributed by atoms with E-state index in [0.29, 0.717) is 37.5 Å². The number of imidazole rings is 1. The van der Waals surface area contributed by atoms with Crippen LogP contribution in [0.15, 0.2) is 30.5 Å². The van der Waals surface area contributed by atoms with Gasteiger partial charge >= 0.3 is 0 Å². The van der Waals surface area contributed by atoms with E-state index < -0.39 is 17.5 Å². The summed E-state index contributed by atoms with van der Waals surface area (Å²) in [5.41, 5.74) is 1.81. The van der Waals surface area contributed by atoms with Crippen molar-refractivity contribution in [1.82, 2.24) is 19.6 Å². The van der Waals surface area contributed by atoms with Crippen LogP contribution in [0, 0.1) is 18.6 Å². The molecule has 1 N–H and O–H groups in total. The average Bonchev–Trinajstić information content (AvgIpc) is 3.09. The van der Waals surface area contributed by atoms with Gasteiger partial charge in [-0.3, -0.25) is 9.59 Å². The third kappa shape index (κ3) is 4.08. The maximum absolute atomic E-state index is 15.1. The summed E-state index contributed by atoms with van der Waals surface area (Å²) in [6.07, 6.45) is 1.76. The standard InChI is InChI=1S/C23H24F2N4O3/c1-13-4-5-29-19(11-16-12-28(14(2)30)6-7-32-16)22(27-20(29)8-13)21-17(24)9-15(10-18(21)25)23(31)26-3/h4-5,8-10,16H,6-7,11-12H2,1-3H3,(H,26,31). The van der Waals surface area contributed by atoms with E-state index in [0.717, 1.165) is 17.7 Å². The second kappa shape index (κ2) is 8.66. The fraction of sp³-hybridized carbons (Fsp3) is 0.348. The number of nitrogens with zero attached hydrogens (tertiary/aromatic N) is 3. The maximum Gasteiger partial charge on any atom is 0.251 e. The molecule has 0 saturated carbocycles. The number of aryl methyl sites for hydroxylation is 1. The molecular formula is C23H24F2N4O3. The number of rotatable bonds is 4. The van der Waals surface area contributed by atoms with Crippen LogP contribution < -0.4 is 5.32 Å². The minimum Gasteiger partial charge on any atom is -0.374 e. The van der Waals surface area contributed by atoms with Crippen molar-refractivity contribution in [2.24, 2.45) is 0 Å². The largest absolute Gasteiger partial charge is 0.374 e. The van der Waals surface area contributed by atoms with E-state index in [-0.39, 0.29) is 28.8 Å². The number of ether oxygens (including phenoxy) is 1. The first kappa shape index (κ1) is 21.9. The lowest BCUT2D eigenvalue weighted by molar-refractivity contribution is -0.136. The van der Waals surface area contributed by atoms with Crippen LogP contribution in [0.3, 0.4) is 0 Å². The Labute approximate surface area is 184 Å². The number of nitrogens with one attached hydrogen (secondary N) is 1. The van der Waals surface area contributed by atoms with Gasteiger partial charge in [-0.1, -0.05) is 0 Å². The lowest BCUT2D eigenvalue weighted by atomic mass is 10.0. The third-order valence-corrected chi connectivity index (χ3v) is 5.65. The van der Waals surface area contributed by atoms with E-state index in [1.807, 2.05) is 19.1 Å². The molecule has 7 nitrogen and oxygen atoms in total. The Morgan fingerprint density at radius 2 is 1.97 bits per heavy atom. The monoisotopic (exact) mass is 442 g/mol. The summed E-state index contributed by atoms with van der Waals surface area (Å²) in [7, 11) is 1.39. The van der Waals surface area contributed by atoms with Crippen LogP contribution in [0.5, 0.6) is 0 Å². The SMILES string of the molecule is CNC(=O)c1cc(F)c(-c2nc3cc(C)ccn3c2CC2CN(C(C)=O)CCO2)c(F)c1. The average molecular weight is 442 g/mol. The highest BCUT2D eigenvalue weighted by molar-refractivity contribution is 5.94. The summed E-state index contributed by atoms with van der Waals surface area (Å²) in [5.74, 6) is -2.38.